The van der Waals surface area contributed by atoms with Crippen molar-refractivity contribution in [3.8, 4) is 36.4 Å². The molecule has 18 heteroatoms. The molecule has 0 aromatic heterocycles. The topological polar surface area (TPSA) is 143 Å². The number of nitriles is 6. The molecule has 0 spiro atoms. The van der Waals surface area contributed by atoms with E-state index < -0.39 is 138 Å². The van der Waals surface area contributed by atoms with E-state index in [0.29, 0.717) is 0 Å². The smallest absolute Gasteiger partial charge is 0.180 e. The van der Waals surface area contributed by atoms with Gasteiger partial charge in [-0.3, -0.25) is 0 Å². The van der Waals surface area contributed by atoms with Crippen molar-refractivity contribution < 1.29 is 52.7 Å². The maximum absolute atomic E-state index is 15.1. The molecule has 1 aliphatic carbocycles. The van der Waals surface area contributed by atoms with E-state index in [4.69, 9.17) is 15.8 Å². The lowest BCUT2D eigenvalue weighted by Crippen LogP contribution is -2.15. The number of halogens is 12. The molecular weight excluding hydrogens is 672 g/mol. The van der Waals surface area contributed by atoms with Crippen LogP contribution in [0.1, 0.15) is 45.2 Å². The van der Waals surface area contributed by atoms with Gasteiger partial charge in [0, 0.05) is 23.0 Å². The van der Waals surface area contributed by atoms with Gasteiger partial charge < -0.3 is 0 Å². The molecule has 0 N–H and O–H groups in total. The van der Waals surface area contributed by atoms with Gasteiger partial charge in [0.05, 0.1) is 41.2 Å². The monoisotopic (exact) mass is 676 g/mol. The number of benzene rings is 3. The van der Waals surface area contributed by atoms with Crippen molar-refractivity contribution in [3.63, 3.8) is 0 Å². The summed E-state index contributed by atoms with van der Waals surface area (Å²) >= 11 is 0. The summed E-state index contributed by atoms with van der Waals surface area (Å²) in [5.74, 6) is -39.6. The van der Waals surface area contributed by atoms with Gasteiger partial charge in [0.2, 0.25) is 0 Å². The predicted molar refractivity (Wildman–Crippen MR) is 129 cm³/mol. The van der Waals surface area contributed by atoms with E-state index in [1.807, 2.05) is 0 Å². The molecule has 1 fully saturated rings. The summed E-state index contributed by atoms with van der Waals surface area (Å²) in [5.41, 5.74) is -14.2. The molecular formula is C30H4F12N6. The highest BCUT2D eigenvalue weighted by Crippen LogP contribution is 2.63. The van der Waals surface area contributed by atoms with E-state index in [0.717, 1.165) is 36.4 Å². The van der Waals surface area contributed by atoms with E-state index >= 15 is 26.3 Å². The minimum atomic E-state index is -2.78. The summed E-state index contributed by atoms with van der Waals surface area (Å²) in [6.07, 6.45) is 0. The van der Waals surface area contributed by atoms with E-state index in [2.05, 4.69) is 0 Å². The van der Waals surface area contributed by atoms with Gasteiger partial charge in [0.1, 0.15) is 34.9 Å². The van der Waals surface area contributed by atoms with Gasteiger partial charge in [-0.1, -0.05) is 0 Å². The molecule has 3 unspecified atom stereocenters. The Kier molecular flexibility index (Phi) is 8.85. The van der Waals surface area contributed by atoms with Crippen molar-refractivity contribution in [3.05, 3.63) is 109 Å². The highest BCUT2D eigenvalue weighted by molar-refractivity contribution is 5.85. The lowest BCUT2D eigenvalue weighted by Gasteiger charge is -2.16. The second-order valence-corrected chi connectivity index (χ2v) is 9.64. The molecule has 1 aliphatic rings. The molecule has 6 nitrogen and oxygen atoms in total. The minimum absolute atomic E-state index is 0.785. The molecule has 1 saturated carbocycles. The average Bonchev–Trinajstić information content (AvgIpc) is 3.78. The van der Waals surface area contributed by atoms with Crippen LogP contribution in [-0.2, 0) is 0 Å². The second kappa shape index (κ2) is 12.4. The van der Waals surface area contributed by atoms with Crippen LogP contribution in [-0.4, -0.2) is 0 Å². The third-order valence-corrected chi connectivity index (χ3v) is 7.46. The summed E-state index contributed by atoms with van der Waals surface area (Å²) in [6, 6.07) is 5.61. The van der Waals surface area contributed by atoms with Crippen LogP contribution < -0.4 is 0 Å². The Labute approximate surface area is 259 Å². The minimum Gasteiger partial charge on any atom is -0.203 e. The van der Waals surface area contributed by atoms with Crippen molar-refractivity contribution in [2.24, 2.45) is 11.8 Å². The van der Waals surface area contributed by atoms with Gasteiger partial charge in [-0.2, -0.15) is 31.6 Å². The fraction of sp³-hybridized carbons (Fsp3) is 0.133. The van der Waals surface area contributed by atoms with Crippen LogP contribution in [0.5, 0.6) is 0 Å². The first-order valence-electron chi connectivity index (χ1n) is 12.3. The number of hydrogen-bond donors (Lipinski definition) is 0. The van der Waals surface area contributed by atoms with E-state index in [-0.39, 0.29) is 0 Å². The maximum Gasteiger partial charge on any atom is 0.180 e. The third kappa shape index (κ3) is 4.71. The zero-order chi connectivity index (χ0) is 36.1. The van der Waals surface area contributed by atoms with E-state index in [1.165, 1.54) is 0 Å². The van der Waals surface area contributed by atoms with Crippen molar-refractivity contribution >= 4 is 5.57 Å². The normalized spacial score (nSPS) is 17.1. The van der Waals surface area contributed by atoms with E-state index in [9.17, 15) is 42.1 Å². The highest BCUT2D eigenvalue weighted by Gasteiger charge is 2.59. The third-order valence-electron chi connectivity index (χ3n) is 7.46. The van der Waals surface area contributed by atoms with Gasteiger partial charge in [0.15, 0.2) is 69.8 Å². The molecule has 3 aromatic carbocycles. The van der Waals surface area contributed by atoms with Crippen LogP contribution >= 0.6 is 0 Å². The molecule has 0 radical (unpaired) electrons. The molecule has 0 aliphatic heterocycles. The fourth-order valence-electron chi connectivity index (χ4n) is 5.31. The molecule has 0 amide bonds. The quantitative estimate of drug-likeness (QED) is 0.160. The standard InChI is InChI=1S/C30H4F12N6/c31-19-10(4-46)20(32)26(38)16(25(19)37)7(1-43)13-14(8(2-44)17-27(39)21(33)11(5-47)22(34)28(17)40)15(13)9(3-45)18-29(41)23(35)12(6-48)24(36)30(18)42/h7-8,13-14H/t7?,8?,13-,14?/m0/s1. The van der Waals surface area contributed by atoms with Crippen LogP contribution in [0.15, 0.2) is 5.57 Å². The highest BCUT2D eigenvalue weighted by atomic mass is 19.2. The molecule has 48 heavy (non-hydrogen) atoms. The van der Waals surface area contributed by atoms with Gasteiger partial charge in [-0.05, 0) is 5.57 Å². The molecule has 4 atom stereocenters. The molecule has 0 bridgehead atoms. The first kappa shape index (κ1) is 34.4. The predicted octanol–water partition coefficient (Wildman–Crippen LogP) is 7.11. The van der Waals surface area contributed by atoms with Crippen LogP contribution in [0.2, 0.25) is 0 Å². The van der Waals surface area contributed by atoms with Crippen LogP contribution in [0.25, 0.3) is 5.57 Å². The van der Waals surface area contributed by atoms with Crippen LogP contribution in [0.4, 0.5) is 52.7 Å². The van der Waals surface area contributed by atoms with E-state index in [1.54, 1.807) is 0 Å². The van der Waals surface area contributed by atoms with Crippen molar-refractivity contribution in [2.75, 3.05) is 0 Å². The molecule has 3 aromatic rings. The van der Waals surface area contributed by atoms with Crippen molar-refractivity contribution in [2.45, 2.75) is 11.8 Å². The molecule has 0 heterocycles. The Hall–Kier alpha value is -6.50. The Morgan fingerprint density at radius 2 is 0.688 bits per heavy atom. The second-order valence-electron chi connectivity index (χ2n) is 9.64. The Morgan fingerprint density at radius 3 is 0.917 bits per heavy atom. The molecule has 238 valence electrons. The van der Waals surface area contributed by atoms with Crippen molar-refractivity contribution in [1.29, 1.82) is 31.6 Å². The van der Waals surface area contributed by atoms with Gasteiger partial charge in [0.25, 0.3) is 0 Å². The fourth-order valence-corrected chi connectivity index (χ4v) is 5.31. The van der Waals surface area contributed by atoms with Gasteiger partial charge >= 0.3 is 0 Å². The van der Waals surface area contributed by atoms with Crippen molar-refractivity contribution in [1.82, 2.24) is 0 Å². The summed E-state index contributed by atoms with van der Waals surface area (Å²) < 4.78 is 178. The van der Waals surface area contributed by atoms with Crippen LogP contribution in [0, 0.1) is 150 Å². The summed E-state index contributed by atoms with van der Waals surface area (Å²) in [7, 11) is 0. The SMILES string of the molecule is N#CC(=C1C(C(C#N)c2c(F)c(F)c(C#N)c(F)c2F)[C@@H]1C(C#N)c1c(F)c(F)c(C#N)c(F)c1F)c1c(F)c(F)c(C#N)c(F)c1F. The number of nitrogens with zero attached hydrogens (tertiary/aromatic N) is 6. The average molecular weight is 676 g/mol. The number of rotatable bonds is 5. The lowest BCUT2D eigenvalue weighted by atomic mass is 9.86. The first-order chi connectivity index (χ1) is 22.6. The summed E-state index contributed by atoms with van der Waals surface area (Å²) in [5, 5.41) is 56.2. The summed E-state index contributed by atoms with van der Waals surface area (Å²) in [4.78, 5) is 0. The van der Waals surface area contributed by atoms with Crippen LogP contribution in [0.3, 0.4) is 0 Å². The largest absolute Gasteiger partial charge is 0.203 e. The first-order valence-corrected chi connectivity index (χ1v) is 12.3. The zero-order valence-electron chi connectivity index (χ0n) is 22.5. The molecule has 4 rings (SSSR count). The maximum atomic E-state index is 15.1. The van der Waals surface area contributed by atoms with Gasteiger partial charge in [-0.15, -0.1) is 0 Å². The molecule has 0 saturated heterocycles. The Bertz CT molecular complexity index is 2080. The number of allylic oxidation sites excluding steroid dienone is 2. The zero-order valence-corrected chi connectivity index (χ0v) is 22.5. The Morgan fingerprint density at radius 1 is 0.417 bits per heavy atom. The summed E-state index contributed by atoms with van der Waals surface area (Å²) in [6.45, 7) is 0. The van der Waals surface area contributed by atoms with Gasteiger partial charge in [-0.25, -0.2) is 52.7 Å². The number of hydrogen-bond acceptors (Lipinski definition) is 6. The lowest BCUT2D eigenvalue weighted by molar-refractivity contribution is 0.414. The Balaban J connectivity index is 2.17.